The van der Waals surface area contributed by atoms with Gasteiger partial charge < -0.3 is 9.80 Å². The maximum absolute atomic E-state index is 12.9. The number of amides is 1. The summed E-state index contributed by atoms with van der Waals surface area (Å²) in [4.78, 5) is 22.1. The van der Waals surface area contributed by atoms with Gasteiger partial charge >= 0.3 is 0 Å². The molecule has 140 valence electrons. The van der Waals surface area contributed by atoms with E-state index in [1.54, 1.807) is 0 Å². The van der Waals surface area contributed by atoms with Gasteiger partial charge in [-0.2, -0.15) is 5.10 Å². The fourth-order valence-electron chi connectivity index (χ4n) is 3.76. The van der Waals surface area contributed by atoms with Crippen molar-refractivity contribution in [2.45, 2.75) is 25.9 Å². The van der Waals surface area contributed by atoms with E-state index in [-0.39, 0.29) is 6.04 Å². The number of aryl methyl sites for hydroxylation is 1. The van der Waals surface area contributed by atoms with Crippen LogP contribution in [0.4, 0.5) is 0 Å². The number of hydrogen-bond donors (Lipinski definition) is 0. The molecule has 2 aliphatic rings. The van der Waals surface area contributed by atoms with Crippen molar-refractivity contribution in [3.05, 3.63) is 18.0 Å². The van der Waals surface area contributed by atoms with Gasteiger partial charge in [-0.3, -0.25) is 19.3 Å². The van der Waals surface area contributed by atoms with Gasteiger partial charge in [-0.15, -0.1) is 0 Å². The molecular formula is C18H32N6O. The van der Waals surface area contributed by atoms with Crippen molar-refractivity contribution < 1.29 is 4.79 Å². The molecule has 2 saturated heterocycles. The Morgan fingerprint density at radius 3 is 2.52 bits per heavy atom. The molecule has 7 heteroatoms. The molecule has 2 aliphatic heterocycles. The number of likely N-dealkylation sites (N-methyl/N-ethyl adjacent to an activating group) is 1. The second kappa shape index (κ2) is 8.29. The Labute approximate surface area is 151 Å². The van der Waals surface area contributed by atoms with Crippen LogP contribution in [0, 0.1) is 0 Å². The van der Waals surface area contributed by atoms with Crippen molar-refractivity contribution in [3.63, 3.8) is 0 Å². The lowest BCUT2D eigenvalue weighted by Crippen LogP contribution is -2.54. The average Bonchev–Trinajstić information content (AvgIpc) is 2.87. The number of rotatable bonds is 4. The van der Waals surface area contributed by atoms with Gasteiger partial charge in [0.2, 0.25) is 5.91 Å². The van der Waals surface area contributed by atoms with E-state index < -0.39 is 0 Å². The topological polar surface area (TPSA) is 47.9 Å². The van der Waals surface area contributed by atoms with Gasteiger partial charge in [-0.05, 0) is 26.5 Å². The smallest absolute Gasteiger partial charge is 0.239 e. The molecule has 0 aliphatic carbocycles. The Morgan fingerprint density at radius 2 is 1.84 bits per heavy atom. The molecular weight excluding hydrogens is 316 g/mol. The lowest BCUT2D eigenvalue weighted by molar-refractivity contribution is -0.137. The zero-order chi connectivity index (χ0) is 17.8. The number of carbonyl (C=O) groups is 1. The predicted octanol–water partition coefficient (Wildman–Crippen LogP) is 0.0903. The third kappa shape index (κ3) is 4.59. The number of aromatic nitrogens is 2. The highest BCUT2D eigenvalue weighted by atomic mass is 16.2. The van der Waals surface area contributed by atoms with Crippen molar-refractivity contribution >= 4 is 5.91 Å². The highest BCUT2D eigenvalue weighted by molar-refractivity contribution is 5.81. The lowest BCUT2D eigenvalue weighted by Gasteiger charge is -2.37. The van der Waals surface area contributed by atoms with Crippen molar-refractivity contribution in [1.82, 2.24) is 29.4 Å². The molecule has 0 N–H and O–H groups in total. The monoisotopic (exact) mass is 348 g/mol. The summed E-state index contributed by atoms with van der Waals surface area (Å²) >= 11 is 0. The van der Waals surface area contributed by atoms with Gasteiger partial charge in [0.1, 0.15) is 0 Å². The standard InChI is InChI=1S/C18H32N6O/c1-16(23-12-9-20(2)10-13-23)18(25)24-8-4-7-22(11-14-24)15-17-5-6-19-21(17)3/h5-6,16H,4,7-15H2,1-3H3. The third-order valence-corrected chi connectivity index (χ3v) is 5.65. The number of hydrogen-bond acceptors (Lipinski definition) is 5. The number of carbonyl (C=O) groups excluding carboxylic acids is 1. The zero-order valence-corrected chi connectivity index (χ0v) is 15.9. The summed E-state index contributed by atoms with van der Waals surface area (Å²) in [6, 6.07) is 2.07. The minimum absolute atomic E-state index is 0.00248. The van der Waals surface area contributed by atoms with Crippen LogP contribution in [0.15, 0.2) is 12.3 Å². The minimum Gasteiger partial charge on any atom is -0.340 e. The largest absolute Gasteiger partial charge is 0.340 e. The first kappa shape index (κ1) is 18.4. The van der Waals surface area contributed by atoms with E-state index in [4.69, 9.17) is 0 Å². The molecule has 2 fully saturated rings. The second-order valence-electron chi connectivity index (χ2n) is 7.42. The van der Waals surface area contributed by atoms with E-state index in [0.29, 0.717) is 5.91 Å². The van der Waals surface area contributed by atoms with Gasteiger partial charge in [-0.1, -0.05) is 0 Å². The molecule has 0 bridgehead atoms. The molecule has 3 rings (SSSR count). The van der Waals surface area contributed by atoms with E-state index in [0.717, 1.165) is 65.3 Å². The molecule has 7 nitrogen and oxygen atoms in total. The number of piperazine rings is 1. The highest BCUT2D eigenvalue weighted by Gasteiger charge is 2.29. The average molecular weight is 348 g/mol. The van der Waals surface area contributed by atoms with Gasteiger partial charge in [-0.25, -0.2) is 0 Å². The molecule has 25 heavy (non-hydrogen) atoms. The summed E-state index contributed by atoms with van der Waals surface area (Å²) in [7, 11) is 4.14. The van der Waals surface area contributed by atoms with Gasteiger partial charge in [0.15, 0.2) is 0 Å². The number of nitrogens with zero attached hydrogens (tertiary/aromatic N) is 6. The van der Waals surface area contributed by atoms with Gasteiger partial charge in [0.25, 0.3) is 0 Å². The van der Waals surface area contributed by atoms with Crippen LogP contribution in [-0.4, -0.2) is 101 Å². The van der Waals surface area contributed by atoms with Crippen molar-refractivity contribution in [1.29, 1.82) is 0 Å². The van der Waals surface area contributed by atoms with Crippen LogP contribution in [0.2, 0.25) is 0 Å². The Morgan fingerprint density at radius 1 is 1.08 bits per heavy atom. The first-order valence-corrected chi connectivity index (χ1v) is 9.45. The Kier molecular flexibility index (Phi) is 6.09. The van der Waals surface area contributed by atoms with E-state index >= 15 is 0 Å². The Balaban J connectivity index is 1.51. The van der Waals surface area contributed by atoms with Crippen LogP contribution >= 0.6 is 0 Å². The zero-order valence-electron chi connectivity index (χ0n) is 15.9. The van der Waals surface area contributed by atoms with E-state index in [2.05, 4.69) is 44.7 Å². The molecule has 1 amide bonds. The minimum atomic E-state index is -0.00248. The van der Waals surface area contributed by atoms with Crippen LogP contribution in [0.25, 0.3) is 0 Å². The molecule has 0 saturated carbocycles. The van der Waals surface area contributed by atoms with Crippen molar-refractivity contribution in [2.75, 3.05) is 59.4 Å². The van der Waals surface area contributed by atoms with E-state index in [1.807, 2.05) is 17.9 Å². The first-order chi connectivity index (χ1) is 12.0. The Bertz CT molecular complexity index is 566. The molecule has 1 aromatic heterocycles. The summed E-state index contributed by atoms with van der Waals surface area (Å²) in [6.45, 7) is 10.7. The molecule has 0 radical (unpaired) electrons. The summed E-state index contributed by atoms with van der Waals surface area (Å²) in [6.07, 6.45) is 2.89. The maximum atomic E-state index is 12.9. The summed E-state index contributed by atoms with van der Waals surface area (Å²) in [5.41, 5.74) is 1.23. The van der Waals surface area contributed by atoms with Crippen LogP contribution in [0.5, 0.6) is 0 Å². The SMILES string of the molecule is CC(C(=O)N1CCCN(Cc2ccnn2C)CC1)N1CCN(C)CC1. The molecule has 0 spiro atoms. The lowest BCUT2D eigenvalue weighted by atomic mass is 10.2. The molecule has 1 unspecified atom stereocenters. The predicted molar refractivity (Wildman–Crippen MR) is 98.2 cm³/mol. The molecule has 1 aromatic rings. The van der Waals surface area contributed by atoms with Crippen LogP contribution < -0.4 is 0 Å². The maximum Gasteiger partial charge on any atom is 0.239 e. The van der Waals surface area contributed by atoms with E-state index in [9.17, 15) is 4.79 Å². The first-order valence-electron chi connectivity index (χ1n) is 9.45. The summed E-state index contributed by atoms with van der Waals surface area (Å²) in [5.74, 6) is 0.298. The second-order valence-corrected chi connectivity index (χ2v) is 7.42. The third-order valence-electron chi connectivity index (χ3n) is 5.65. The van der Waals surface area contributed by atoms with Crippen LogP contribution in [-0.2, 0) is 18.4 Å². The normalized spacial score (nSPS) is 22.8. The Hall–Kier alpha value is -1.44. The van der Waals surface area contributed by atoms with E-state index in [1.165, 1.54) is 5.69 Å². The quantitative estimate of drug-likeness (QED) is 0.772. The summed E-state index contributed by atoms with van der Waals surface area (Å²) in [5, 5.41) is 4.25. The molecule has 0 aromatic carbocycles. The van der Waals surface area contributed by atoms with Crippen LogP contribution in [0.3, 0.4) is 0 Å². The fraction of sp³-hybridized carbons (Fsp3) is 0.778. The van der Waals surface area contributed by atoms with Crippen molar-refractivity contribution in [3.8, 4) is 0 Å². The molecule has 3 heterocycles. The van der Waals surface area contributed by atoms with Gasteiger partial charge in [0, 0.05) is 72.1 Å². The van der Waals surface area contributed by atoms with Gasteiger partial charge in [0.05, 0.1) is 11.7 Å². The van der Waals surface area contributed by atoms with Crippen molar-refractivity contribution in [2.24, 2.45) is 7.05 Å². The summed E-state index contributed by atoms with van der Waals surface area (Å²) < 4.78 is 1.93. The molecule has 1 atom stereocenters. The highest BCUT2D eigenvalue weighted by Crippen LogP contribution is 2.12. The van der Waals surface area contributed by atoms with Crippen LogP contribution in [0.1, 0.15) is 19.0 Å². The fourth-order valence-corrected chi connectivity index (χ4v) is 3.76.